The van der Waals surface area contributed by atoms with Crippen LogP contribution in [-0.2, 0) is 4.79 Å². The summed E-state index contributed by atoms with van der Waals surface area (Å²) in [6.45, 7) is 9.24. The number of aliphatic hydroxyl groups excluding tert-OH is 1. The fraction of sp³-hybridized carbons (Fsp3) is 0.900. The van der Waals surface area contributed by atoms with E-state index >= 15 is 0 Å². The Morgan fingerprint density at radius 2 is 1.79 bits per heavy atom. The molecule has 0 aromatic heterocycles. The van der Waals surface area contributed by atoms with Gasteiger partial charge in [-0.05, 0) is 19.9 Å². The molecule has 0 fully saturated rings. The van der Waals surface area contributed by atoms with E-state index in [1.54, 1.807) is 0 Å². The quantitative estimate of drug-likeness (QED) is 0.582. The first-order chi connectivity index (χ1) is 6.62. The predicted molar refractivity (Wildman–Crippen MR) is 58.9 cm³/mol. The van der Waals surface area contributed by atoms with Crippen molar-refractivity contribution in [3.8, 4) is 0 Å². The molecule has 0 spiro atoms. The van der Waals surface area contributed by atoms with Crippen molar-refractivity contribution < 1.29 is 9.90 Å². The van der Waals surface area contributed by atoms with E-state index in [1.807, 2.05) is 27.7 Å². The lowest BCUT2D eigenvalue weighted by molar-refractivity contribution is -0.120. The number of carbonyl (C=O) groups excluding carboxylic acids is 1. The molecule has 0 aromatic rings. The molecule has 0 saturated carbocycles. The van der Waals surface area contributed by atoms with Gasteiger partial charge in [0.15, 0.2) is 0 Å². The second kappa shape index (κ2) is 12.4. The van der Waals surface area contributed by atoms with Gasteiger partial charge in [-0.2, -0.15) is 0 Å². The van der Waals surface area contributed by atoms with Crippen LogP contribution in [0.1, 0.15) is 40.5 Å². The molecule has 0 saturated heterocycles. The van der Waals surface area contributed by atoms with Gasteiger partial charge in [0.2, 0.25) is 5.91 Å². The largest absolute Gasteiger partial charge is 0.379 e. The minimum absolute atomic E-state index is 0.127. The van der Waals surface area contributed by atoms with Gasteiger partial charge in [0.05, 0.1) is 0 Å². The van der Waals surface area contributed by atoms with Gasteiger partial charge in [-0.3, -0.25) is 10.1 Å². The average Bonchev–Trinajstić information content (AvgIpc) is 2.19. The molecule has 1 unspecified atom stereocenters. The molecule has 86 valence electrons. The van der Waals surface area contributed by atoms with E-state index in [2.05, 4.69) is 10.6 Å². The standard InChI is InChI=1S/C5H13NO.C5H11NO/c2*1-3-5(7)6-4-2/h5-7H,3-4H2,1-2H3;3-4H2,1-2H3,(H,6,7). The van der Waals surface area contributed by atoms with Crippen molar-refractivity contribution in [3.05, 3.63) is 0 Å². The van der Waals surface area contributed by atoms with Crippen LogP contribution in [0.4, 0.5) is 0 Å². The first-order valence-corrected chi connectivity index (χ1v) is 5.30. The van der Waals surface area contributed by atoms with Crippen molar-refractivity contribution >= 4 is 5.91 Å². The molecule has 4 nitrogen and oxygen atoms in total. The highest BCUT2D eigenvalue weighted by atomic mass is 16.3. The molecule has 14 heavy (non-hydrogen) atoms. The minimum atomic E-state index is -0.301. The van der Waals surface area contributed by atoms with Crippen molar-refractivity contribution in [3.63, 3.8) is 0 Å². The summed E-state index contributed by atoms with van der Waals surface area (Å²) in [6.07, 6.45) is 1.08. The lowest BCUT2D eigenvalue weighted by atomic mass is 10.4. The third kappa shape index (κ3) is 13.9. The third-order valence-electron chi connectivity index (χ3n) is 1.52. The van der Waals surface area contributed by atoms with E-state index in [9.17, 15) is 4.79 Å². The number of rotatable bonds is 5. The first-order valence-electron chi connectivity index (χ1n) is 5.30. The topological polar surface area (TPSA) is 61.4 Å². The summed E-state index contributed by atoms with van der Waals surface area (Å²) < 4.78 is 0. The highest BCUT2D eigenvalue weighted by Crippen LogP contribution is 1.80. The summed E-state index contributed by atoms with van der Waals surface area (Å²) >= 11 is 0. The monoisotopic (exact) mass is 204 g/mol. The van der Waals surface area contributed by atoms with Crippen molar-refractivity contribution in [2.45, 2.75) is 46.8 Å². The molecule has 1 amide bonds. The third-order valence-corrected chi connectivity index (χ3v) is 1.52. The lowest BCUT2D eigenvalue weighted by Gasteiger charge is -2.05. The fourth-order valence-electron chi connectivity index (χ4n) is 0.702. The lowest BCUT2D eigenvalue weighted by Crippen LogP contribution is -2.26. The van der Waals surface area contributed by atoms with E-state index < -0.39 is 0 Å². The van der Waals surface area contributed by atoms with Crippen LogP contribution in [0.15, 0.2) is 0 Å². The summed E-state index contributed by atoms with van der Waals surface area (Å²) in [5, 5.41) is 14.3. The van der Waals surface area contributed by atoms with E-state index in [0.29, 0.717) is 6.42 Å². The SMILES string of the molecule is CCNC(=O)CC.CCNC(O)CC. The zero-order chi connectivity index (χ0) is 11.4. The Bertz CT molecular complexity index is 129. The van der Waals surface area contributed by atoms with Gasteiger partial charge >= 0.3 is 0 Å². The molecule has 0 radical (unpaired) electrons. The van der Waals surface area contributed by atoms with Crippen LogP contribution in [0.5, 0.6) is 0 Å². The van der Waals surface area contributed by atoms with Gasteiger partial charge in [0.1, 0.15) is 6.23 Å². The van der Waals surface area contributed by atoms with Gasteiger partial charge in [-0.15, -0.1) is 0 Å². The molecule has 0 bridgehead atoms. The van der Waals surface area contributed by atoms with Crippen LogP contribution in [0.25, 0.3) is 0 Å². The normalized spacial score (nSPS) is 11.2. The van der Waals surface area contributed by atoms with Crippen LogP contribution in [0.2, 0.25) is 0 Å². The number of amides is 1. The molecule has 1 atom stereocenters. The van der Waals surface area contributed by atoms with Crippen molar-refractivity contribution in [1.82, 2.24) is 10.6 Å². The van der Waals surface area contributed by atoms with Crippen molar-refractivity contribution in [1.29, 1.82) is 0 Å². The van der Waals surface area contributed by atoms with E-state index in [-0.39, 0.29) is 12.1 Å². The molecule has 0 aliphatic rings. The number of nitrogens with one attached hydrogen (secondary N) is 2. The molecule has 0 aliphatic heterocycles. The first kappa shape index (κ1) is 15.8. The Kier molecular flexibility index (Phi) is 14.0. The zero-order valence-corrected chi connectivity index (χ0v) is 9.76. The molecule has 4 heteroatoms. The van der Waals surface area contributed by atoms with Crippen LogP contribution in [0, 0.1) is 0 Å². The highest BCUT2D eigenvalue weighted by Gasteiger charge is 1.92. The van der Waals surface area contributed by atoms with E-state index in [4.69, 9.17) is 5.11 Å². The molecular weight excluding hydrogens is 180 g/mol. The second-order valence-electron chi connectivity index (χ2n) is 2.79. The summed E-state index contributed by atoms with van der Waals surface area (Å²) in [6, 6.07) is 0. The summed E-state index contributed by atoms with van der Waals surface area (Å²) in [5.74, 6) is 0.127. The second-order valence-corrected chi connectivity index (χ2v) is 2.79. The Morgan fingerprint density at radius 1 is 1.21 bits per heavy atom. The van der Waals surface area contributed by atoms with Crippen LogP contribution >= 0.6 is 0 Å². The van der Waals surface area contributed by atoms with Gasteiger partial charge in [-0.25, -0.2) is 0 Å². The fourth-order valence-corrected chi connectivity index (χ4v) is 0.702. The number of carbonyl (C=O) groups is 1. The summed E-state index contributed by atoms with van der Waals surface area (Å²) in [7, 11) is 0. The maximum Gasteiger partial charge on any atom is 0.219 e. The van der Waals surface area contributed by atoms with Crippen molar-refractivity contribution in [2.75, 3.05) is 13.1 Å². The maximum absolute atomic E-state index is 10.3. The smallest absolute Gasteiger partial charge is 0.219 e. The maximum atomic E-state index is 10.3. The Balaban J connectivity index is 0. The van der Waals surface area contributed by atoms with Crippen LogP contribution in [0.3, 0.4) is 0 Å². The highest BCUT2D eigenvalue weighted by molar-refractivity contribution is 5.75. The summed E-state index contributed by atoms with van der Waals surface area (Å²) in [5.41, 5.74) is 0. The number of hydrogen-bond donors (Lipinski definition) is 3. The molecule has 0 aromatic carbocycles. The van der Waals surface area contributed by atoms with Crippen LogP contribution in [-0.4, -0.2) is 30.3 Å². The molecule has 3 N–H and O–H groups in total. The molecular formula is C10H24N2O2. The van der Waals surface area contributed by atoms with Crippen LogP contribution < -0.4 is 10.6 Å². The van der Waals surface area contributed by atoms with E-state index in [0.717, 1.165) is 19.5 Å². The van der Waals surface area contributed by atoms with Gasteiger partial charge in [0, 0.05) is 13.0 Å². The Morgan fingerprint density at radius 3 is 1.93 bits per heavy atom. The average molecular weight is 204 g/mol. The minimum Gasteiger partial charge on any atom is -0.379 e. The number of aliphatic hydroxyl groups is 1. The van der Waals surface area contributed by atoms with E-state index in [1.165, 1.54) is 0 Å². The zero-order valence-electron chi connectivity index (χ0n) is 9.76. The van der Waals surface area contributed by atoms with Gasteiger partial charge in [-0.1, -0.05) is 20.8 Å². The number of hydrogen-bond acceptors (Lipinski definition) is 3. The summed E-state index contributed by atoms with van der Waals surface area (Å²) in [4.78, 5) is 10.3. The predicted octanol–water partition coefficient (Wildman–Crippen LogP) is 0.857. The van der Waals surface area contributed by atoms with Gasteiger partial charge in [0.25, 0.3) is 0 Å². The molecule has 0 aliphatic carbocycles. The molecule has 0 heterocycles. The Hall–Kier alpha value is -0.610. The Labute approximate surface area is 87.1 Å². The van der Waals surface area contributed by atoms with Gasteiger partial charge < -0.3 is 10.4 Å². The molecule has 0 rings (SSSR count). The van der Waals surface area contributed by atoms with Crippen molar-refractivity contribution in [2.24, 2.45) is 0 Å².